The predicted octanol–water partition coefficient (Wildman–Crippen LogP) is 1.81. The molecule has 0 unspecified atom stereocenters. The Labute approximate surface area is 136 Å². The summed E-state index contributed by atoms with van der Waals surface area (Å²) < 4.78 is 1.76. The molecule has 6 heteroatoms. The van der Waals surface area contributed by atoms with E-state index in [0.717, 1.165) is 22.6 Å². The van der Waals surface area contributed by atoms with Crippen molar-refractivity contribution in [3.63, 3.8) is 0 Å². The fourth-order valence-electron chi connectivity index (χ4n) is 2.11. The van der Waals surface area contributed by atoms with Crippen molar-refractivity contribution in [2.75, 3.05) is 30.4 Å². The maximum Gasteiger partial charge on any atom is 0.248 e. The van der Waals surface area contributed by atoms with Crippen LogP contribution in [0.4, 0.5) is 11.4 Å². The number of aryl methyl sites for hydroxylation is 1. The van der Waals surface area contributed by atoms with Gasteiger partial charge in [0.15, 0.2) is 0 Å². The molecule has 0 atom stereocenters. The highest BCUT2D eigenvalue weighted by atomic mass is 16.3. The highest BCUT2D eigenvalue weighted by Gasteiger charge is 2.03. The molecule has 0 aliphatic rings. The van der Waals surface area contributed by atoms with E-state index >= 15 is 0 Å². The number of nitrogens with one attached hydrogen (secondary N) is 1. The first kappa shape index (κ1) is 16.8. The molecule has 0 saturated carbocycles. The molecule has 0 aliphatic heterocycles. The van der Waals surface area contributed by atoms with E-state index in [0.29, 0.717) is 6.54 Å². The summed E-state index contributed by atoms with van der Waals surface area (Å²) in [4.78, 5) is 13.9. The Morgan fingerprint density at radius 3 is 2.65 bits per heavy atom. The first-order valence-electron chi connectivity index (χ1n) is 7.41. The van der Waals surface area contributed by atoms with Gasteiger partial charge in [-0.25, -0.2) is 0 Å². The number of carbonyl (C=O) groups is 1. The van der Waals surface area contributed by atoms with E-state index < -0.39 is 0 Å². The molecule has 0 spiro atoms. The minimum atomic E-state index is -0.190. The number of likely N-dealkylation sites (N-methyl/N-ethyl adjacent to an activating group) is 1. The van der Waals surface area contributed by atoms with Crippen molar-refractivity contribution in [2.24, 2.45) is 7.05 Å². The van der Waals surface area contributed by atoms with E-state index in [2.05, 4.69) is 10.4 Å². The van der Waals surface area contributed by atoms with E-state index in [1.165, 1.54) is 6.08 Å². The average molecular weight is 314 g/mol. The van der Waals surface area contributed by atoms with Crippen LogP contribution in [0.15, 0.2) is 36.5 Å². The molecule has 23 heavy (non-hydrogen) atoms. The molecule has 0 radical (unpaired) electrons. The normalized spacial score (nSPS) is 11.0. The molecule has 6 nitrogen and oxygen atoms in total. The van der Waals surface area contributed by atoms with Gasteiger partial charge in [0.1, 0.15) is 0 Å². The molecule has 0 aliphatic carbocycles. The Hall–Kier alpha value is -2.60. The molecule has 2 aromatic rings. The molecule has 0 saturated heterocycles. The summed E-state index contributed by atoms with van der Waals surface area (Å²) in [5.74, 6) is -0.190. The molecule has 1 amide bonds. The van der Waals surface area contributed by atoms with Gasteiger partial charge in [-0.3, -0.25) is 9.48 Å². The second kappa shape index (κ2) is 7.60. The number of aromatic nitrogens is 2. The van der Waals surface area contributed by atoms with Crippen LogP contribution in [-0.4, -0.2) is 41.0 Å². The number of nitrogens with zero attached hydrogens (tertiary/aromatic N) is 3. The summed E-state index contributed by atoms with van der Waals surface area (Å²) in [6.45, 7) is 2.62. The number of hydrogen-bond acceptors (Lipinski definition) is 4. The second-order valence-electron chi connectivity index (χ2n) is 5.32. The van der Waals surface area contributed by atoms with Crippen molar-refractivity contribution in [2.45, 2.75) is 6.92 Å². The Morgan fingerprint density at radius 2 is 2.09 bits per heavy atom. The van der Waals surface area contributed by atoms with E-state index in [-0.39, 0.29) is 12.5 Å². The minimum absolute atomic E-state index is 0.105. The fourth-order valence-corrected chi connectivity index (χ4v) is 2.11. The van der Waals surface area contributed by atoms with E-state index in [1.807, 2.05) is 50.2 Å². The lowest BCUT2D eigenvalue weighted by molar-refractivity contribution is -0.111. The van der Waals surface area contributed by atoms with Gasteiger partial charge >= 0.3 is 0 Å². The van der Waals surface area contributed by atoms with E-state index in [1.54, 1.807) is 17.0 Å². The molecule has 1 aromatic carbocycles. The highest BCUT2D eigenvalue weighted by molar-refractivity contribution is 6.02. The summed E-state index contributed by atoms with van der Waals surface area (Å²) in [6.07, 6.45) is 4.97. The van der Waals surface area contributed by atoms with E-state index in [4.69, 9.17) is 5.11 Å². The fraction of sp³-hybridized carbons (Fsp3) is 0.294. The Morgan fingerprint density at radius 1 is 1.39 bits per heavy atom. The maximum atomic E-state index is 12.0. The lowest BCUT2D eigenvalue weighted by Gasteiger charge is -2.18. The zero-order valence-corrected chi connectivity index (χ0v) is 13.7. The quantitative estimate of drug-likeness (QED) is 0.798. The Balaban J connectivity index is 1.96. The third-order valence-electron chi connectivity index (χ3n) is 3.70. The topological polar surface area (TPSA) is 70.4 Å². The van der Waals surface area contributed by atoms with Crippen LogP contribution < -0.4 is 10.2 Å². The van der Waals surface area contributed by atoms with Gasteiger partial charge in [-0.05, 0) is 37.3 Å². The van der Waals surface area contributed by atoms with Gasteiger partial charge in [-0.15, -0.1) is 0 Å². The number of aliphatic hydroxyl groups excluding tert-OH is 1. The van der Waals surface area contributed by atoms with Crippen LogP contribution in [-0.2, 0) is 11.8 Å². The molecular weight excluding hydrogens is 292 g/mol. The molecule has 2 rings (SSSR count). The highest BCUT2D eigenvalue weighted by Crippen LogP contribution is 2.16. The monoisotopic (exact) mass is 314 g/mol. The third kappa shape index (κ3) is 4.43. The molecular formula is C17H22N4O2. The van der Waals surface area contributed by atoms with Gasteiger partial charge in [0, 0.05) is 49.3 Å². The standard InChI is InChI=1S/C17H22N4O2/c1-13-14(12-18-21(13)3)4-9-17(23)19-15-5-7-16(8-6-15)20(2)10-11-22/h4-9,12,22H,10-11H2,1-3H3,(H,19,23)/b9-4+. The summed E-state index contributed by atoms with van der Waals surface area (Å²) >= 11 is 0. The summed E-state index contributed by atoms with van der Waals surface area (Å²) in [6, 6.07) is 7.48. The van der Waals surface area contributed by atoms with Crippen molar-refractivity contribution < 1.29 is 9.90 Å². The largest absolute Gasteiger partial charge is 0.395 e. The van der Waals surface area contributed by atoms with Crippen molar-refractivity contribution >= 4 is 23.4 Å². The van der Waals surface area contributed by atoms with Crippen molar-refractivity contribution in [1.82, 2.24) is 9.78 Å². The van der Waals surface area contributed by atoms with Crippen LogP contribution in [0.25, 0.3) is 6.08 Å². The first-order valence-corrected chi connectivity index (χ1v) is 7.41. The molecule has 1 heterocycles. The number of aliphatic hydroxyl groups is 1. The summed E-state index contributed by atoms with van der Waals surface area (Å²) in [5, 5.41) is 15.9. The van der Waals surface area contributed by atoms with Gasteiger partial charge in [-0.2, -0.15) is 5.10 Å². The van der Waals surface area contributed by atoms with Crippen LogP contribution in [0, 0.1) is 6.92 Å². The zero-order valence-electron chi connectivity index (χ0n) is 13.7. The average Bonchev–Trinajstić information content (AvgIpc) is 2.85. The molecule has 0 bridgehead atoms. The minimum Gasteiger partial charge on any atom is -0.395 e. The number of hydrogen-bond donors (Lipinski definition) is 2. The lowest BCUT2D eigenvalue weighted by atomic mass is 10.2. The van der Waals surface area contributed by atoms with Crippen LogP contribution in [0.3, 0.4) is 0 Å². The van der Waals surface area contributed by atoms with Gasteiger partial charge in [0.05, 0.1) is 12.8 Å². The number of amides is 1. The molecule has 122 valence electrons. The Bertz CT molecular complexity index is 689. The smallest absolute Gasteiger partial charge is 0.248 e. The molecule has 2 N–H and O–H groups in total. The van der Waals surface area contributed by atoms with Crippen LogP contribution >= 0.6 is 0 Å². The number of benzene rings is 1. The van der Waals surface area contributed by atoms with Gasteiger partial charge in [-0.1, -0.05) is 0 Å². The first-order chi connectivity index (χ1) is 11.0. The van der Waals surface area contributed by atoms with Gasteiger partial charge in [0.25, 0.3) is 0 Å². The van der Waals surface area contributed by atoms with Crippen molar-refractivity contribution in [3.05, 3.63) is 47.8 Å². The number of carbonyl (C=O) groups excluding carboxylic acids is 1. The Kier molecular flexibility index (Phi) is 5.54. The lowest BCUT2D eigenvalue weighted by Crippen LogP contribution is -2.20. The van der Waals surface area contributed by atoms with Gasteiger partial charge in [0.2, 0.25) is 5.91 Å². The SMILES string of the molecule is Cc1c(/C=C/C(=O)Nc2ccc(N(C)CCO)cc2)cnn1C. The third-order valence-corrected chi connectivity index (χ3v) is 3.70. The summed E-state index contributed by atoms with van der Waals surface area (Å²) in [5.41, 5.74) is 3.64. The van der Waals surface area contributed by atoms with Crippen LogP contribution in [0.2, 0.25) is 0 Å². The van der Waals surface area contributed by atoms with Crippen molar-refractivity contribution in [1.29, 1.82) is 0 Å². The molecule has 1 aromatic heterocycles. The zero-order chi connectivity index (χ0) is 16.8. The second-order valence-corrected chi connectivity index (χ2v) is 5.32. The van der Waals surface area contributed by atoms with Crippen LogP contribution in [0.5, 0.6) is 0 Å². The van der Waals surface area contributed by atoms with E-state index in [9.17, 15) is 4.79 Å². The predicted molar refractivity (Wildman–Crippen MR) is 92.4 cm³/mol. The maximum absolute atomic E-state index is 12.0. The van der Waals surface area contributed by atoms with Crippen molar-refractivity contribution in [3.8, 4) is 0 Å². The van der Waals surface area contributed by atoms with Crippen LogP contribution in [0.1, 0.15) is 11.3 Å². The number of anilines is 2. The van der Waals surface area contributed by atoms with Gasteiger partial charge < -0.3 is 15.3 Å². The summed E-state index contributed by atoms with van der Waals surface area (Å²) in [7, 11) is 3.77. The molecule has 0 fully saturated rings. The number of rotatable bonds is 6.